The van der Waals surface area contributed by atoms with Crippen molar-refractivity contribution in [1.82, 2.24) is 14.8 Å². The maximum atomic E-state index is 13.4. The Kier molecular flexibility index (Phi) is 5.29. The molecular formula is C25H22BrFN4O. The molecule has 1 amide bonds. The van der Waals surface area contributed by atoms with E-state index in [9.17, 15) is 9.18 Å². The van der Waals surface area contributed by atoms with Crippen LogP contribution >= 0.6 is 15.9 Å². The average Bonchev–Trinajstić information content (AvgIpc) is 3.59. The molecule has 0 atom stereocenters. The Morgan fingerprint density at radius 1 is 1.19 bits per heavy atom. The summed E-state index contributed by atoms with van der Waals surface area (Å²) in [7, 11) is 0. The Labute approximate surface area is 193 Å². The first-order chi connectivity index (χ1) is 15.4. The number of anilines is 1. The highest BCUT2D eigenvalue weighted by atomic mass is 79.9. The molecule has 1 saturated carbocycles. The lowest BCUT2D eigenvalue weighted by Gasteiger charge is -2.12. The fourth-order valence-corrected chi connectivity index (χ4v) is 4.44. The third kappa shape index (κ3) is 3.93. The van der Waals surface area contributed by atoms with E-state index in [1.807, 2.05) is 42.8 Å². The van der Waals surface area contributed by atoms with E-state index in [0.29, 0.717) is 23.7 Å². The van der Waals surface area contributed by atoms with Crippen molar-refractivity contribution >= 4 is 38.4 Å². The van der Waals surface area contributed by atoms with Crippen LogP contribution in [0, 0.1) is 19.7 Å². The van der Waals surface area contributed by atoms with Crippen LogP contribution in [-0.4, -0.2) is 20.7 Å². The summed E-state index contributed by atoms with van der Waals surface area (Å²) in [6.45, 7) is 4.30. The number of nitrogens with zero attached hydrogens (tertiary/aromatic N) is 3. The zero-order chi connectivity index (χ0) is 22.4. The normalized spacial score (nSPS) is 13.5. The highest BCUT2D eigenvalue weighted by Gasteiger charge is 2.27. The quantitative estimate of drug-likeness (QED) is 0.364. The van der Waals surface area contributed by atoms with Crippen molar-refractivity contribution in [2.45, 2.75) is 39.2 Å². The van der Waals surface area contributed by atoms with Gasteiger partial charge in [0.15, 0.2) is 0 Å². The molecule has 2 heterocycles. The molecule has 1 aliphatic carbocycles. The van der Waals surface area contributed by atoms with Crippen molar-refractivity contribution in [2.75, 3.05) is 5.32 Å². The number of carbonyl (C=O) groups excluding carboxylic acids is 1. The molecule has 162 valence electrons. The number of nitrogens with one attached hydrogen (secondary N) is 1. The van der Waals surface area contributed by atoms with Crippen molar-refractivity contribution in [2.24, 2.45) is 0 Å². The van der Waals surface area contributed by atoms with Gasteiger partial charge in [-0.1, -0.05) is 24.3 Å². The zero-order valence-electron chi connectivity index (χ0n) is 17.8. The number of para-hydroxylation sites is 1. The van der Waals surface area contributed by atoms with Crippen molar-refractivity contribution in [3.8, 4) is 0 Å². The number of carbonyl (C=O) groups is 1. The van der Waals surface area contributed by atoms with Gasteiger partial charge in [-0.25, -0.2) is 4.39 Å². The van der Waals surface area contributed by atoms with E-state index >= 15 is 0 Å². The van der Waals surface area contributed by atoms with Crippen LogP contribution in [0.3, 0.4) is 0 Å². The Morgan fingerprint density at radius 2 is 1.94 bits per heavy atom. The van der Waals surface area contributed by atoms with Crippen LogP contribution in [0.2, 0.25) is 0 Å². The lowest BCUT2D eigenvalue weighted by Crippen LogP contribution is -2.15. The summed E-state index contributed by atoms with van der Waals surface area (Å²) in [5, 5.41) is 8.49. The van der Waals surface area contributed by atoms with Crippen LogP contribution in [0.5, 0.6) is 0 Å². The van der Waals surface area contributed by atoms with Gasteiger partial charge < -0.3 is 5.32 Å². The molecule has 0 radical (unpaired) electrons. The molecule has 7 heteroatoms. The summed E-state index contributed by atoms with van der Waals surface area (Å²) >= 11 is 3.58. The van der Waals surface area contributed by atoms with Gasteiger partial charge in [0.2, 0.25) is 0 Å². The van der Waals surface area contributed by atoms with Gasteiger partial charge in [-0.05, 0) is 72.4 Å². The lowest BCUT2D eigenvalue weighted by atomic mass is 10.0. The molecule has 2 aromatic heterocycles. The van der Waals surface area contributed by atoms with Crippen LogP contribution in [0.4, 0.5) is 10.1 Å². The summed E-state index contributed by atoms with van der Waals surface area (Å²) in [6.07, 6.45) is 2.22. The molecule has 0 bridgehead atoms. The SMILES string of the molecule is Cc1nn(Cc2ccc(F)cc2)c(C)c1NC(=O)c1cc(C2CC2)nc2c(Br)cccc12. The van der Waals surface area contributed by atoms with Gasteiger partial charge in [-0.3, -0.25) is 14.5 Å². The molecule has 5 rings (SSSR count). The van der Waals surface area contributed by atoms with E-state index in [0.717, 1.165) is 50.9 Å². The number of hydrogen-bond donors (Lipinski definition) is 1. The minimum atomic E-state index is -0.267. The number of hydrogen-bond acceptors (Lipinski definition) is 3. The molecule has 32 heavy (non-hydrogen) atoms. The lowest BCUT2D eigenvalue weighted by molar-refractivity contribution is 0.102. The number of amides is 1. The van der Waals surface area contributed by atoms with Gasteiger partial charge in [0.05, 0.1) is 34.7 Å². The van der Waals surface area contributed by atoms with Crippen molar-refractivity contribution in [1.29, 1.82) is 0 Å². The summed E-state index contributed by atoms with van der Waals surface area (Å²) in [5.41, 5.74) is 5.61. The fourth-order valence-electron chi connectivity index (χ4n) is 3.98. The fraction of sp³-hybridized carbons (Fsp3) is 0.240. The molecule has 0 saturated heterocycles. The molecule has 4 aromatic rings. The topological polar surface area (TPSA) is 59.8 Å². The van der Waals surface area contributed by atoms with Crippen LogP contribution < -0.4 is 5.32 Å². The molecule has 0 spiro atoms. The third-order valence-corrected chi connectivity index (χ3v) is 6.56. The Balaban J connectivity index is 1.48. The van der Waals surface area contributed by atoms with E-state index in [4.69, 9.17) is 4.98 Å². The third-order valence-electron chi connectivity index (χ3n) is 5.92. The van der Waals surface area contributed by atoms with E-state index < -0.39 is 0 Å². The number of aryl methyl sites for hydroxylation is 1. The van der Waals surface area contributed by atoms with E-state index in [1.165, 1.54) is 12.1 Å². The molecule has 1 aliphatic rings. The minimum Gasteiger partial charge on any atom is -0.319 e. The second kappa shape index (κ2) is 8.13. The van der Waals surface area contributed by atoms with Crippen LogP contribution in [0.25, 0.3) is 10.9 Å². The van der Waals surface area contributed by atoms with Gasteiger partial charge in [-0.15, -0.1) is 0 Å². The number of benzene rings is 2. The Morgan fingerprint density at radius 3 is 2.66 bits per heavy atom. The highest BCUT2D eigenvalue weighted by molar-refractivity contribution is 9.10. The maximum absolute atomic E-state index is 13.4. The molecular weight excluding hydrogens is 471 g/mol. The molecule has 1 N–H and O–H groups in total. The Hall–Kier alpha value is -3.06. The summed E-state index contributed by atoms with van der Waals surface area (Å²) in [6, 6.07) is 14.1. The summed E-state index contributed by atoms with van der Waals surface area (Å²) in [5.74, 6) is -0.0122. The summed E-state index contributed by atoms with van der Waals surface area (Å²) in [4.78, 5) is 18.2. The number of halogens is 2. The first-order valence-corrected chi connectivity index (χ1v) is 11.4. The second-order valence-electron chi connectivity index (χ2n) is 8.29. The number of aromatic nitrogens is 3. The predicted octanol–water partition coefficient (Wildman–Crippen LogP) is 6.13. The first-order valence-electron chi connectivity index (χ1n) is 10.6. The van der Waals surface area contributed by atoms with Crippen molar-refractivity contribution < 1.29 is 9.18 Å². The molecule has 1 fully saturated rings. The monoisotopic (exact) mass is 492 g/mol. The van der Waals surface area contributed by atoms with Gasteiger partial charge >= 0.3 is 0 Å². The van der Waals surface area contributed by atoms with E-state index in [-0.39, 0.29) is 11.7 Å². The second-order valence-corrected chi connectivity index (χ2v) is 9.14. The van der Waals surface area contributed by atoms with Crippen LogP contribution in [0.1, 0.15) is 51.8 Å². The number of rotatable bonds is 5. The van der Waals surface area contributed by atoms with Crippen molar-refractivity contribution in [3.05, 3.63) is 87.0 Å². The van der Waals surface area contributed by atoms with Gasteiger partial charge in [0, 0.05) is 21.5 Å². The Bertz CT molecular complexity index is 1340. The summed E-state index contributed by atoms with van der Waals surface area (Å²) < 4.78 is 15.9. The predicted molar refractivity (Wildman–Crippen MR) is 127 cm³/mol. The smallest absolute Gasteiger partial charge is 0.256 e. The largest absolute Gasteiger partial charge is 0.319 e. The standard InChI is InChI=1S/C25H22BrFN4O/c1-14-23(15(2)31(30-14)13-16-6-10-18(27)11-7-16)29-25(32)20-12-22(17-8-9-17)28-24-19(20)4-3-5-21(24)26/h3-7,10-12,17H,8-9,13H2,1-2H3,(H,29,32). The van der Waals surface area contributed by atoms with Gasteiger partial charge in [-0.2, -0.15) is 5.10 Å². The molecule has 5 nitrogen and oxygen atoms in total. The molecule has 2 aromatic carbocycles. The van der Waals surface area contributed by atoms with Crippen LogP contribution in [0.15, 0.2) is 53.0 Å². The zero-order valence-corrected chi connectivity index (χ0v) is 19.4. The maximum Gasteiger partial charge on any atom is 0.256 e. The molecule has 0 unspecified atom stereocenters. The number of fused-ring (bicyclic) bond motifs is 1. The number of pyridine rings is 1. The minimum absolute atomic E-state index is 0.176. The average molecular weight is 493 g/mol. The van der Waals surface area contributed by atoms with E-state index in [2.05, 4.69) is 26.3 Å². The highest BCUT2D eigenvalue weighted by Crippen LogP contribution is 2.41. The van der Waals surface area contributed by atoms with Crippen LogP contribution in [-0.2, 0) is 6.54 Å². The first kappa shape index (κ1) is 20.8. The van der Waals surface area contributed by atoms with Crippen molar-refractivity contribution in [3.63, 3.8) is 0 Å². The molecule has 0 aliphatic heterocycles. The van der Waals surface area contributed by atoms with Gasteiger partial charge in [0.1, 0.15) is 5.82 Å². The van der Waals surface area contributed by atoms with E-state index in [1.54, 1.807) is 12.1 Å². The van der Waals surface area contributed by atoms with Gasteiger partial charge in [0.25, 0.3) is 5.91 Å².